The van der Waals surface area contributed by atoms with Gasteiger partial charge in [-0.2, -0.15) is 0 Å². The van der Waals surface area contributed by atoms with E-state index in [1.807, 2.05) is 0 Å². The maximum absolute atomic E-state index is 6.25. The van der Waals surface area contributed by atoms with Gasteiger partial charge in [-0.15, -0.1) is 11.3 Å². The Labute approximate surface area is 129 Å². The number of thiophene rings is 1. The van der Waals surface area contributed by atoms with E-state index in [9.17, 15) is 0 Å². The lowest BCUT2D eigenvalue weighted by Crippen LogP contribution is -2.45. The molecule has 0 fully saturated rings. The molecule has 0 aliphatic heterocycles. The smallest absolute Gasteiger partial charge is 0.0594 e. The third-order valence-electron chi connectivity index (χ3n) is 3.45. The molecule has 1 rings (SSSR count). The average Bonchev–Trinajstić information content (AvgIpc) is 2.79. The zero-order chi connectivity index (χ0) is 14.4. The van der Waals surface area contributed by atoms with Gasteiger partial charge < -0.3 is 10.5 Å². The molecule has 110 valence electrons. The number of hydrogen-bond donors (Lipinski definition) is 1. The number of methoxy groups -OCH3 is 1. The molecule has 3 nitrogen and oxygen atoms in total. The summed E-state index contributed by atoms with van der Waals surface area (Å²) in [6.07, 6.45) is 1.11. The molecule has 0 aliphatic carbocycles. The highest BCUT2D eigenvalue weighted by atomic mass is 79.9. The van der Waals surface area contributed by atoms with Crippen molar-refractivity contribution in [2.45, 2.75) is 45.3 Å². The van der Waals surface area contributed by atoms with Crippen LogP contribution in [0.2, 0.25) is 0 Å². The third-order valence-corrected chi connectivity index (χ3v) is 5.21. The fraction of sp³-hybridized carbons (Fsp3) is 0.714. The third kappa shape index (κ3) is 4.83. The summed E-state index contributed by atoms with van der Waals surface area (Å²) in [6, 6.07) is 3.02. The van der Waals surface area contributed by atoms with Crippen LogP contribution in [-0.2, 0) is 4.74 Å². The van der Waals surface area contributed by atoms with E-state index in [-0.39, 0.29) is 12.1 Å². The molecule has 2 N–H and O–H groups in total. The Bertz CT molecular complexity index is 370. The predicted octanol–water partition coefficient (Wildman–Crippen LogP) is 3.65. The van der Waals surface area contributed by atoms with Gasteiger partial charge in [-0.05, 0) is 42.3 Å². The highest BCUT2D eigenvalue weighted by molar-refractivity contribution is 9.10. The lowest BCUT2D eigenvalue weighted by Gasteiger charge is -2.37. The molecule has 0 saturated heterocycles. The van der Waals surface area contributed by atoms with Crippen LogP contribution in [0.1, 0.15) is 38.1 Å². The van der Waals surface area contributed by atoms with Crippen LogP contribution in [0.15, 0.2) is 15.9 Å². The molecule has 1 aromatic heterocycles. The zero-order valence-electron chi connectivity index (χ0n) is 12.2. The van der Waals surface area contributed by atoms with Gasteiger partial charge in [-0.25, -0.2) is 0 Å². The standard InChI is InChI=1S/C14H25BrN2OS/c1-5-10(2)17(6-7-18-4)14(11(3)16)13-8-12(15)9-19-13/h8-11,14H,5-7,16H2,1-4H3. The summed E-state index contributed by atoms with van der Waals surface area (Å²) in [7, 11) is 1.75. The van der Waals surface area contributed by atoms with E-state index in [1.165, 1.54) is 4.88 Å². The summed E-state index contributed by atoms with van der Waals surface area (Å²) in [5.41, 5.74) is 6.25. The van der Waals surface area contributed by atoms with Crippen LogP contribution in [0.5, 0.6) is 0 Å². The minimum absolute atomic E-state index is 0.0939. The molecule has 5 heteroatoms. The Hall–Kier alpha value is 0.0600. The van der Waals surface area contributed by atoms with Gasteiger partial charge in [0, 0.05) is 40.5 Å². The molecule has 1 aromatic rings. The Morgan fingerprint density at radius 3 is 2.58 bits per heavy atom. The van der Waals surface area contributed by atoms with Crippen molar-refractivity contribution in [3.05, 3.63) is 20.8 Å². The highest BCUT2D eigenvalue weighted by Crippen LogP contribution is 2.32. The largest absolute Gasteiger partial charge is 0.383 e. The van der Waals surface area contributed by atoms with Gasteiger partial charge in [0.05, 0.1) is 12.6 Å². The molecule has 0 radical (unpaired) electrons. The molecule has 0 aromatic carbocycles. The molecular weight excluding hydrogens is 324 g/mol. The molecule has 0 aliphatic rings. The SMILES string of the molecule is CCC(C)N(CCOC)C(c1cc(Br)cs1)C(C)N. The van der Waals surface area contributed by atoms with Crippen molar-refractivity contribution in [3.63, 3.8) is 0 Å². The van der Waals surface area contributed by atoms with Crippen LogP contribution < -0.4 is 5.73 Å². The topological polar surface area (TPSA) is 38.5 Å². The van der Waals surface area contributed by atoms with E-state index < -0.39 is 0 Å². The Balaban J connectivity index is 2.97. The predicted molar refractivity (Wildman–Crippen MR) is 86.7 cm³/mol. The lowest BCUT2D eigenvalue weighted by molar-refractivity contribution is 0.0801. The van der Waals surface area contributed by atoms with E-state index in [1.54, 1.807) is 18.4 Å². The second-order valence-electron chi connectivity index (χ2n) is 4.96. The maximum atomic E-state index is 6.25. The van der Waals surface area contributed by atoms with Crippen LogP contribution in [0.3, 0.4) is 0 Å². The summed E-state index contributed by atoms with van der Waals surface area (Å²) in [5, 5.41) is 2.12. The van der Waals surface area contributed by atoms with Crippen molar-refractivity contribution in [1.82, 2.24) is 4.90 Å². The molecule has 1 heterocycles. The van der Waals surface area contributed by atoms with Crippen molar-refractivity contribution in [3.8, 4) is 0 Å². The van der Waals surface area contributed by atoms with Gasteiger partial charge in [0.25, 0.3) is 0 Å². The molecule has 0 saturated carbocycles. The van der Waals surface area contributed by atoms with Crippen LogP contribution in [-0.4, -0.2) is 37.2 Å². The quantitative estimate of drug-likeness (QED) is 0.779. The van der Waals surface area contributed by atoms with Gasteiger partial charge in [0.1, 0.15) is 0 Å². The van der Waals surface area contributed by atoms with Crippen molar-refractivity contribution in [2.75, 3.05) is 20.3 Å². The van der Waals surface area contributed by atoms with Crippen molar-refractivity contribution >= 4 is 27.3 Å². The zero-order valence-corrected chi connectivity index (χ0v) is 14.6. The van der Waals surface area contributed by atoms with Crippen LogP contribution in [0.4, 0.5) is 0 Å². The van der Waals surface area contributed by atoms with E-state index in [4.69, 9.17) is 10.5 Å². The van der Waals surface area contributed by atoms with Crippen molar-refractivity contribution in [1.29, 1.82) is 0 Å². The minimum Gasteiger partial charge on any atom is -0.383 e. The second-order valence-corrected chi connectivity index (χ2v) is 6.82. The van der Waals surface area contributed by atoms with Crippen LogP contribution >= 0.6 is 27.3 Å². The Morgan fingerprint density at radius 2 is 2.16 bits per heavy atom. The van der Waals surface area contributed by atoms with Gasteiger partial charge in [-0.1, -0.05) is 6.92 Å². The van der Waals surface area contributed by atoms with Crippen LogP contribution in [0.25, 0.3) is 0 Å². The van der Waals surface area contributed by atoms with E-state index in [0.29, 0.717) is 6.04 Å². The fourth-order valence-electron chi connectivity index (χ4n) is 2.27. The first-order valence-corrected chi connectivity index (χ1v) is 8.42. The number of hydrogen-bond acceptors (Lipinski definition) is 4. The summed E-state index contributed by atoms with van der Waals surface area (Å²) in [4.78, 5) is 3.78. The van der Waals surface area contributed by atoms with Crippen molar-refractivity contribution in [2.24, 2.45) is 5.73 Å². The van der Waals surface area contributed by atoms with E-state index in [2.05, 4.69) is 53.0 Å². The maximum Gasteiger partial charge on any atom is 0.0594 e. The Kier molecular flexibility index (Phi) is 7.54. The molecule has 0 spiro atoms. The summed E-state index contributed by atoms with van der Waals surface area (Å²) >= 11 is 5.30. The first-order chi connectivity index (χ1) is 9.01. The molecule has 0 amide bonds. The first kappa shape index (κ1) is 17.1. The molecule has 3 unspecified atom stereocenters. The number of nitrogens with two attached hydrogens (primary N) is 1. The minimum atomic E-state index is 0.0939. The number of nitrogens with zero attached hydrogens (tertiary/aromatic N) is 1. The number of ether oxygens (including phenoxy) is 1. The summed E-state index contributed by atoms with van der Waals surface area (Å²) in [5.74, 6) is 0. The lowest BCUT2D eigenvalue weighted by atomic mass is 10.0. The molecule has 0 bridgehead atoms. The molecule has 3 atom stereocenters. The monoisotopic (exact) mass is 348 g/mol. The molecular formula is C14H25BrN2OS. The van der Waals surface area contributed by atoms with E-state index >= 15 is 0 Å². The van der Waals surface area contributed by atoms with Crippen LogP contribution in [0, 0.1) is 0 Å². The van der Waals surface area contributed by atoms with Gasteiger partial charge in [0.15, 0.2) is 0 Å². The van der Waals surface area contributed by atoms with E-state index in [0.717, 1.165) is 24.0 Å². The van der Waals surface area contributed by atoms with Gasteiger partial charge >= 0.3 is 0 Å². The summed E-state index contributed by atoms with van der Waals surface area (Å²) < 4.78 is 6.38. The van der Waals surface area contributed by atoms with Crippen molar-refractivity contribution < 1.29 is 4.74 Å². The first-order valence-electron chi connectivity index (χ1n) is 6.75. The number of rotatable bonds is 8. The normalized spacial score (nSPS) is 16.6. The molecule has 19 heavy (non-hydrogen) atoms. The highest BCUT2D eigenvalue weighted by Gasteiger charge is 2.28. The van der Waals surface area contributed by atoms with Gasteiger partial charge in [0.2, 0.25) is 0 Å². The summed E-state index contributed by atoms with van der Waals surface area (Å²) in [6.45, 7) is 8.20. The number of halogens is 1. The average molecular weight is 349 g/mol. The second kappa shape index (κ2) is 8.37. The van der Waals surface area contributed by atoms with Gasteiger partial charge in [-0.3, -0.25) is 4.90 Å². The Morgan fingerprint density at radius 1 is 1.47 bits per heavy atom. The fourth-order valence-corrected chi connectivity index (χ4v) is 3.95.